The quantitative estimate of drug-likeness (QED) is 0.325. The average molecular weight is 527 g/mol. The van der Waals surface area contributed by atoms with Crippen molar-refractivity contribution in [2.75, 3.05) is 6.54 Å². The highest BCUT2D eigenvalue weighted by atomic mass is 19.4. The summed E-state index contributed by atoms with van der Waals surface area (Å²) in [6, 6.07) is 4.34. The number of rotatable bonds is 5. The summed E-state index contributed by atoms with van der Waals surface area (Å²) in [6.45, 7) is 5.36. The molecule has 1 aliphatic heterocycles. The van der Waals surface area contributed by atoms with Crippen molar-refractivity contribution >= 4 is 5.97 Å². The molecule has 10 heteroatoms. The first-order chi connectivity index (χ1) is 17.2. The summed E-state index contributed by atoms with van der Waals surface area (Å²) in [4.78, 5) is 12.9. The Bertz CT molecular complexity index is 1210. The summed E-state index contributed by atoms with van der Waals surface area (Å²) >= 11 is 0. The molecule has 3 nitrogen and oxygen atoms in total. The van der Waals surface area contributed by atoms with Crippen LogP contribution in [0.2, 0.25) is 0 Å². The second-order valence-electron chi connectivity index (χ2n) is 9.05. The van der Waals surface area contributed by atoms with Crippen LogP contribution < -0.4 is 0 Å². The lowest BCUT2D eigenvalue weighted by molar-refractivity contribution is -0.139. The highest BCUT2D eigenvalue weighted by Gasteiger charge is 2.38. The third kappa shape index (κ3) is 7.13. The van der Waals surface area contributed by atoms with E-state index in [0.29, 0.717) is 35.8 Å². The molecule has 3 atom stereocenters. The molecule has 3 rings (SSSR count). The molecule has 0 radical (unpaired) electrons. The first kappa shape index (κ1) is 28.3. The van der Waals surface area contributed by atoms with E-state index in [0.717, 1.165) is 12.1 Å². The molecule has 37 heavy (non-hydrogen) atoms. The molecule has 198 valence electrons. The van der Waals surface area contributed by atoms with Crippen molar-refractivity contribution in [1.29, 1.82) is 0 Å². The smallest absolute Gasteiger partial charge is 0.416 e. The van der Waals surface area contributed by atoms with Crippen LogP contribution in [0.4, 0.5) is 30.7 Å². The van der Waals surface area contributed by atoms with Crippen molar-refractivity contribution in [2.24, 2.45) is 5.92 Å². The average Bonchev–Trinajstić information content (AvgIpc) is 2.79. The first-order valence-electron chi connectivity index (χ1n) is 11.3. The van der Waals surface area contributed by atoms with E-state index in [2.05, 4.69) is 18.4 Å². The number of allylic oxidation sites excluding steroid dienone is 1. The van der Waals surface area contributed by atoms with Crippen molar-refractivity contribution < 1.29 is 40.6 Å². The largest absolute Gasteiger partial charge is 0.481 e. The summed E-state index contributed by atoms with van der Waals surface area (Å²) in [6.07, 6.45) is -8.99. The molecular weight excluding hydrogens is 503 g/mol. The van der Waals surface area contributed by atoms with Crippen LogP contribution in [0, 0.1) is 23.6 Å². The van der Waals surface area contributed by atoms with Gasteiger partial charge in [-0.2, -0.15) is 26.3 Å². The number of hydrogen-bond donors (Lipinski definition) is 1. The number of carboxylic acids is 1. The summed E-state index contributed by atoms with van der Waals surface area (Å²) in [7, 11) is 0. The Labute approximate surface area is 209 Å². The zero-order valence-electron chi connectivity index (χ0n) is 19.8. The second kappa shape index (κ2) is 11.0. The molecule has 1 aliphatic rings. The number of alkyl halides is 6. The van der Waals surface area contributed by atoms with Crippen molar-refractivity contribution in [3.8, 4) is 11.8 Å². The predicted octanol–water partition coefficient (Wildman–Crippen LogP) is 7.41. The number of halogens is 7. The molecule has 2 aromatic rings. The maximum Gasteiger partial charge on any atom is 0.416 e. The van der Waals surface area contributed by atoms with Gasteiger partial charge in [0, 0.05) is 24.6 Å². The van der Waals surface area contributed by atoms with E-state index in [-0.39, 0.29) is 30.9 Å². The van der Waals surface area contributed by atoms with E-state index in [1.807, 2.05) is 0 Å². The Hall–Kier alpha value is -3.32. The zero-order chi connectivity index (χ0) is 27.5. The second-order valence-corrected chi connectivity index (χ2v) is 9.05. The van der Waals surface area contributed by atoms with E-state index in [1.54, 1.807) is 11.8 Å². The molecule has 0 unspecified atom stereocenters. The van der Waals surface area contributed by atoms with Gasteiger partial charge in [-0.05, 0) is 67.2 Å². The van der Waals surface area contributed by atoms with E-state index >= 15 is 0 Å². The Kier molecular flexibility index (Phi) is 8.38. The standard InChI is InChI=1S/C27H24F7NO2/c1-16(2)3-10-23(21-15-20(27(32,33)34)8-9-22(21)28)35-12-11-17(14-25(36)37)13-24(35)18-4-6-19(7-5-18)26(29,30)31/h4-9,15,17,23-24H,1,11-14H2,2H3,(H,36,37)/t17-,23+,24+/m0/s1. The van der Waals surface area contributed by atoms with Crippen LogP contribution in [0.15, 0.2) is 54.6 Å². The maximum atomic E-state index is 15.0. The van der Waals surface area contributed by atoms with Gasteiger partial charge in [0.15, 0.2) is 0 Å². The fourth-order valence-corrected chi connectivity index (χ4v) is 4.48. The van der Waals surface area contributed by atoms with E-state index in [9.17, 15) is 40.6 Å². The minimum atomic E-state index is -4.74. The van der Waals surface area contributed by atoms with Gasteiger partial charge in [0.1, 0.15) is 11.9 Å². The molecule has 1 N–H and O–H groups in total. The van der Waals surface area contributed by atoms with Crippen molar-refractivity contribution in [3.63, 3.8) is 0 Å². The van der Waals surface area contributed by atoms with Gasteiger partial charge in [0.25, 0.3) is 0 Å². The van der Waals surface area contributed by atoms with Crippen LogP contribution in [0.1, 0.15) is 60.5 Å². The van der Waals surface area contributed by atoms with Gasteiger partial charge in [-0.15, -0.1) is 0 Å². The summed E-state index contributed by atoms with van der Waals surface area (Å²) in [5.74, 6) is 3.17. The molecule has 0 aromatic heterocycles. The van der Waals surface area contributed by atoms with Crippen LogP contribution in [0.3, 0.4) is 0 Å². The van der Waals surface area contributed by atoms with Gasteiger partial charge < -0.3 is 5.11 Å². The lowest BCUT2D eigenvalue weighted by Crippen LogP contribution is -2.40. The number of hydrogen-bond acceptors (Lipinski definition) is 2. The van der Waals surface area contributed by atoms with Crippen molar-refractivity contribution in [1.82, 2.24) is 4.90 Å². The predicted molar refractivity (Wildman–Crippen MR) is 123 cm³/mol. The number of piperidine rings is 1. The fraction of sp³-hybridized carbons (Fsp3) is 0.370. The van der Waals surface area contributed by atoms with E-state index < -0.39 is 47.3 Å². The van der Waals surface area contributed by atoms with Crippen LogP contribution in [0.25, 0.3) is 0 Å². The van der Waals surface area contributed by atoms with Crippen LogP contribution in [0.5, 0.6) is 0 Å². The minimum Gasteiger partial charge on any atom is -0.481 e. The van der Waals surface area contributed by atoms with Gasteiger partial charge >= 0.3 is 18.3 Å². The Morgan fingerprint density at radius 1 is 1.08 bits per heavy atom. The van der Waals surface area contributed by atoms with Crippen LogP contribution >= 0.6 is 0 Å². The van der Waals surface area contributed by atoms with Crippen LogP contribution in [-0.4, -0.2) is 22.5 Å². The Morgan fingerprint density at radius 3 is 2.22 bits per heavy atom. The normalized spacial score (nSPS) is 19.6. The number of carbonyl (C=O) groups is 1. The molecule has 0 bridgehead atoms. The monoisotopic (exact) mass is 527 g/mol. The molecule has 0 amide bonds. The number of aliphatic carboxylic acids is 1. The third-order valence-electron chi connectivity index (χ3n) is 6.21. The van der Waals surface area contributed by atoms with Gasteiger partial charge in [0.2, 0.25) is 0 Å². The zero-order valence-corrected chi connectivity index (χ0v) is 19.8. The van der Waals surface area contributed by atoms with Crippen LogP contribution in [-0.2, 0) is 17.1 Å². The Balaban J connectivity index is 2.13. The minimum absolute atomic E-state index is 0.134. The summed E-state index contributed by atoms with van der Waals surface area (Å²) < 4.78 is 94.6. The van der Waals surface area contributed by atoms with Gasteiger partial charge in [-0.3, -0.25) is 9.69 Å². The SMILES string of the molecule is C=C(C)C#C[C@H](c1cc(C(F)(F)F)ccc1F)N1CC[C@H](CC(=O)O)C[C@@H]1c1ccc(C(F)(F)F)cc1. The molecule has 0 spiro atoms. The number of carboxylic acid groups (broad SMARTS) is 1. The van der Waals surface area contributed by atoms with Gasteiger partial charge in [-0.1, -0.05) is 30.6 Å². The van der Waals surface area contributed by atoms with Gasteiger partial charge in [-0.25, -0.2) is 4.39 Å². The molecule has 0 aliphatic carbocycles. The third-order valence-corrected chi connectivity index (χ3v) is 6.21. The fourth-order valence-electron chi connectivity index (χ4n) is 4.48. The summed E-state index contributed by atoms with van der Waals surface area (Å²) in [5, 5.41) is 9.26. The van der Waals surface area contributed by atoms with Crippen molar-refractivity contribution in [3.05, 3.63) is 82.7 Å². The van der Waals surface area contributed by atoms with E-state index in [4.69, 9.17) is 0 Å². The number of likely N-dealkylation sites (tertiary alicyclic amines) is 1. The molecule has 0 saturated carbocycles. The highest BCUT2D eigenvalue weighted by Crippen LogP contribution is 2.43. The molecule has 1 saturated heterocycles. The molecule has 1 fully saturated rings. The number of benzene rings is 2. The number of nitrogens with zero attached hydrogens (tertiary/aromatic N) is 1. The highest BCUT2D eigenvalue weighted by molar-refractivity contribution is 5.67. The molecule has 2 aromatic carbocycles. The molecular formula is C27H24F7NO2. The van der Waals surface area contributed by atoms with E-state index in [1.165, 1.54) is 12.1 Å². The first-order valence-corrected chi connectivity index (χ1v) is 11.3. The summed E-state index contributed by atoms with van der Waals surface area (Å²) in [5.41, 5.74) is -1.53. The molecule has 1 heterocycles. The lowest BCUT2D eigenvalue weighted by atomic mass is 9.83. The van der Waals surface area contributed by atoms with Gasteiger partial charge in [0.05, 0.1) is 11.1 Å². The lowest BCUT2D eigenvalue weighted by Gasteiger charge is -2.42. The van der Waals surface area contributed by atoms with Crippen molar-refractivity contribution in [2.45, 2.75) is 50.6 Å². The Morgan fingerprint density at radius 2 is 1.68 bits per heavy atom. The maximum absolute atomic E-state index is 15.0. The topological polar surface area (TPSA) is 40.5 Å².